The second-order valence-corrected chi connectivity index (χ2v) is 5.34. The fourth-order valence-electron chi connectivity index (χ4n) is 1.98. The summed E-state index contributed by atoms with van der Waals surface area (Å²) >= 11 is 3.61. The second-order valence-electron chi connectivity index (χ2n) is 4.54. The molecule has 0 aliphatic heterocycles. The number of aryl methyl sites for hydroxylation is 1. The maximum absolute atomic E-state index is 5.15. The van der Waals surface area contributed by atoms with Gasteiger partial charge in [0.05, 0.1) is 6.61 Å². The summed E-state index contributed by atoms with van der Waals surface area (Å²) in [6, 6.07) is 14.7. The van der Waals surface area contributed by atoms with Gasteiger partial charge in [0.15, 0.2) is 0 Å². The molecular weight excluding hydrogens is 302 g/mol. The Balaban J connectivity index is 2.06. The highest BCUT2D eigenvalue weighted by Gasteiger charge is 2.02. The molecule has 0 unspecified atom stereocenters. The molecule has 0 bridgehead atoms. The van der Waals surface area contributed by atoms with Gasteiger partial charge in [-0.2, -0.15) is 0 Å². The number of hydrogen-bond donors (Lipinski definition) is 1. The minimum atomic E-state index is 0.655. The van der Waals surface area contributed by atoms with Crippen LogP contribution in [0.3, 0.4) is 0 Å². The Morgan fingerprint density at radius 1 is 1.11 bits per heavy atom. The summed E-state index contributed by atoms with van der Waals surface area (Å²) < 4.78 is 6.28. The van der Waals surface area contributed by atoms with Crippen molar-refractivity contribution in [3.05, 3.63) is 63.6 Å². The van der Waals surface area contributed by atoms with Crippen molar-refractivity contribution in [1.29, 1.82) is 0 Å². The number of ether oxygens (including phenoxy) is 1. The zero-order chi connectivity index (χ0) is 13.7. The number of halogens is 1. The first-order chi connectivity index (χ1) is 9.20. The van der Waals surface area contributed by atoms with E-state index in [1.165, 1.54) is 16.7 Å². The van der Waals surface area contributed by atoms with E-state index in [1.54, 1.807) is 7.11 Å². The lowest BCUT2D eigenvalue weighted by Crippen LogP contribution is -2.01. The van der Waals surface area contributed by atoms with Crippen molar-refractivity contribution < 1.29 is 4.74 Å². The molecule has 0 heterocycles. The van der Waals surface area contributed by atoms with E-state index in [2.05, 4.69) is 70.6 Å². The summed E-state index contributed by atoms with van der Waals surface area (Å²) in [5.41, 5.74) is 4.81. The maximum atomic E-state index is 5.15. The van der Waals surface area contributed by atoms with Crippen LogP contribution >= 0.6 is 15.9 Å². The fraction of sp³-hybridized carbons (Fsp3) is 0.250. The van der Waals surface area contributed by atoms with Crippen LogP contribution in [0.2, 0.25) is 0 Å². The number of hydrogen-bond acceptors (Lipinski definition) is 2. The van der Waals surface area contributed by atoms with Gasteiger partial charge in [-0.15, -0.1) is 0 Å². The van der Waals surface area contributed by atoms with E-state index < -0.39 is 0 Å². The summed E-state index contributed by atoms with van der Waals surface area (Å²) in [4.78, 5) is 0. The van der Waals surface area contributed by atoms with Gasteiger partial charge in [0.1, 0.15) is 0 Å². The minimum Gasteiger partial charge on any atom is -0.380 e. The Kier molecular flexibility index (Phi) is 5.00. The van der Waals surface area contributed by atoms with Gasteiger partial charge in [-0.25, -0.2) is 0 Å². The van der Waals surface area contributed by atoms with Crippen LogP contribution in [0.25, 0.3) is 0 Å². The number of methoxy groups -OCH3 is 1. The monoisotopic (exact) mass is 319 g/mol. The SMILES string of the molecule is COCc1cccc(CNc2cccc(C)c2Br)c1. The Morgan fingerprint density at radius 2 is 1.84 bits per heavy atom. The van der Waals surface area contributed by atoms with Crippen molar-refractivity contribution in [2.75, 3.05) is 12.4 Å². The first-order valence-electron chi connectivity index (χ1n) is 6.26. The zero-order valence-corrected chi connectivity index (χ0v) is 12.8. The lowest BCUT2D eigenvalue weighted by Gasteiger charge is -2.11. The topological polar surface area (TPSA) is 21.3 Å². The zero-order valence-electron chi connectivity index (χ0n) is 11.2. The summed E-state index contributed by atoms with van der Waals surface area (Å²) in [6.45, 7) is 3.55. The first kappa shape index (κ1) is 14.1. The summed E-state index contributed by atoms with van der Waals surface area (Å²) in [6.07, 6.45) is 0. The van der Waals surface area contributed by atoms with Crippen molar-refractivity contribution >= 4 is 21.6 Å². The third-order valence-corrected chi connectivity index (χ3v) is 4.03. The molecule has 0 fully saturated rings. The molecule has 3 heteroatoms. The molecule has 2 rings (SSSR count). The number of benzene rings is 2. The summed E-state index contributed by atoms with van der Waals surface area (Å²) in [7, 11) is 1.72. The van der Waals surface area contributed by atoms with Gasteiger partial charge < -0.3 is 10.1 Å². The smallest absolute Gasteiger partial charge is 0.0713 e. The van der Waals surface area contributed by atoms with E-state index in [0.29, 0.717) is 6.61 Å². The van der Waals surface area contributed by atoms with E-state index in [9.17, 15) is 0 Å². The molecule has 0 atom stereocenters. The highest BCUT2D eigenvalue weighted by atomic mass is 79.9. The highest BCUT2D eigenvalue weighted by Crippen LogP contribution is 2.26. The lowest BCUT2D eigenvalue weighted by atomic mass is 10.1. The van der Waals surface area contributed by atoms with E-state index in [-0.39, 0.29) is 0 Å². The second kappa shape index (κ2) is 6.73. The van der Waals surface area contributed by atoms with Gasteiger partial charge in [-0.3, -0.25) is 0 Å². The quantitative estimate of drug-likeness (QED) is 0.875. The van der Waals surface area contributed by atoms with Crippen LogP contribution in [0, 0.1) is 6.92 Å². The fourth-order valence-corrected chi connectivity index (χ4v) is 2.38. The van der Waals surface area contributed by atoms with E-state index in [0.717, 1.165) is 16.7 Å². The molecular formula is C16H18BrNO. The van der Waals surface area contributed by atoms with Crippen LogP contribution in [0.4, 0.5) is 5.69 Å². The molecule has 0 spiro atoms. The Labute approximate surface area is 122 Å². The molecule has 100 valence electrons. The lowest BCUT2D eigenvalue weighted by molar-refractivity contribution is 0.185. The maximum Gasteiger partial charge on any atom is 0.0713 e. The molecule has 2 nitrogen and oxygen atoms in total. The largest absolute Gasteiger partial charge is 0.380 e. The third-order valence-electron chi connectivity index (χ3n) is 2.98. The Morgan fingerprint density at radius 3 is 2.63 bits per heavy atom. The van der Waals surface area contributed by atoms with Crippen molar-refractivity contribution in [2.24, 2.45) is 0 Å². The third kappa shape index (κ3) is 3.82. The molecule has 2 aromatic rings. The Bertz CT molecular complexity index is 554. The van der Waals surface area contributed by atoms with E-state index in [1.807, 2.05) is 0 Å². The number of rotatable bonds is 5. The van der Waals surface area contributed by atoms with Crippen LogP contribution in [-0.2, 0) is 17.9 Å². The average molecular weight is 320 g/mol. The number of nitrogens with one attached hydrogen (secondary N) is 1. The van der Waals surface area contributed by atoms with Gasteiger partial charge >= 0.3 is 0 Å². The van der Waals surface area contributed by atoms with Crippen molar-refractivity contribution in [3.63, 3.8) is 0 Å². The van der Waals surface area contributed by atoms with Gasteiger partial charge in [0.25, 0.3) is 0 Å². The normalized spacial score (nSPS) is 10.5. The predicted octanol–water partition coefficient (Wildman–Crippen LogP) is 4.52. The Hall–Kier alpha value is -1.32. The molecule has 0 radical (unpaired) electrons. The molecule has 19 heavy (non-hydrogen) atoms. The molecule has 0 saturated heterocycles. The van der Waals surface area contributed by atoms with Crippen LogP contribution in [0.5, 0.6) is 0 Å². The van der Waals surface area contributed by atoms with Crippen LogP contribution in [0.1, 0.15) is 16.7 Å². The molecule has 0 amide bonds. The van der Waals surface area contributed by atoms with Crippen LogP contribution in [0.15, 0.2) is 46.9 Å². The summed E-state index contributed by atoms with van der Waals surface area (Å²) in [5, 5.41) is 3.45. The van der Waals surface area contributed by atoms with Crippen molar-refractivity contribution in [1.82, 2.24) is 0 Å². The van der Waals surface area contributed by atoms with Crippen molar-refractivity contribution in [2.45, 2.75) is 20.1 Å². The highest BCUT2D eigenvalue weighted by molar-refractivity contribution is 9.10. The molecule has 0 saturated carbocycles. The molecule has 2 aromatic carbocycles. The van der Waals surface area contributed by atoms with Gasteiger partial charge in [-0.1, -0.05) is 36.4 Å². The van der Waals surface area contributed by atoms with Crippen LogP contribution < -0.4 is 5.32 Å². The van der Waals surface area contributed by atoms with E-state index in [4.69, 9.17) is 4.74 Å². The minimum absolute atomic E-state index is 0.655. The summed E-state index contributed by atoms with van der Waals surface area (Å²) in [5.74, 6) is 0. The van der Waals surface area contributed by atoms with Gasteiger partial charge in [0.2, 0.25) is 0 Å². The van der Waals surface area contributed by atoms with Crippen molar-refractivity contribution in [3.8, 4) is 0 Å². The molecule has 0 aliphatic rings. The molecule has 0 aromatic heterocycles. The van der Waals surface area contributed by atoms with Gasteiger partial charge in [-0.05, 0) is 45.6 Å². The van der Waals surface area contributed by atoms with Crippen LogP contribution in [-0.4, -0.2) is 7.11 Å². The first-order valence-corrected chi connectivity index (χ1v) is 7.05. The molecule has 0 aliphatic carbocycles. The molecule has 1 N–H and O–H groups in total. The number of anilines is 1. The van der Waals surface area contributed by atoms with Gasteiger partial charge in [0, 0.05) is 23.8 Å². The average Bonchev–Trinajstić information content (AvgIpc) is 2.41. The standard InChI is InChI=1S/C16H18BrNO/c1-12-5-3-8-15(16(12)17)18-10-13-6-4-7-14(9-13)11-19-2/h3-9,18H,10-11H2,1-2H3. The van der Waals surface area contributed by atoms with E-state index >= 15 is 0 Å². The predicted molar refractivity (Wildman–Crippen MR) is 83.4 cm³/mol.